The minimum Gasteiger partial charge on any atom is -0.308 e. The molecule has 0 aliphatic carbocycles. The molecule has 1 atom stereocenters. The predicted octanol–water partition coefficient (Wildman–Crippen LogP) is 5.06. The lowest BCUT2D eigenvalue weighted by atomic mass is 10.2. The first kappa shape index (κ1) is 20.7. The number of nitrogens with zero attached hydrogens (tertiary/aromatic N) is 1. The van der Waals surface area contributed by atoms with E-state index in [4.69, 9.17) is 0 Å². The molecule has 6 nitrogen and oxygen atoms in total. The smallest absolute Gasteiger partial charge is 0.308 e. The third-order valence-electron chi connectivity index (χ3n) is 4.82. The van der Waals surface area contributed by atoms with Crippen LogP contribution in [0.15, 0.2) is 83.8 Å². The molecule has 0 aromatic heterocycles. The van der Waals surface area contributed by atoms with Gasteiger partial charge in [0.15, 0.2) is 0 Å². The van der Waals surface area contributed by atoms with E-state index in [-0.39, 0.29) is 24.3 Å². The van der Waals surface area contributed by atoms with Crippen molar-refractivity contribution in [3.05, 3.63) is 84.4 Å². The molecule has 7 heteroatoms. The van der Waals surface area contributed by atoms with Gasteiger partial charge in [0.25, 0.3) is 0 Å². The number of imide groups is 1. The fourth-order valence-electron chi connectivity index (χ4n) is 3.26. The van der Waals surface area contributed by atoms with Crippen molar-refractivity contribution in [3.8, 4) is 0 Å². The number of anilines is 3. The fraction of sp³-hybridized carbons (Fsp3) is 0.125. The van der Waals surface area contributed by atoms with Crippen LogP contribution >= 0.6 is 11.8 Å². The number of benzene rings is 3. The van der Waals surface area contributed by atoms with Crippen LogP contribution in [0.3, 0.4) is 0 Å². The first-order valence-corrected chi connectivity index (χ1v) is 10.7. The van der Waals surface area contributed by atoms with Crippen molar-refractivity contribution in [3.63, 3.8) is 0 Å². The number of carbonyl (C=O) groups excluding carboxylic acids is 3. The highest BCUT2D eigenvalue weighted by atomic mass is 32.2. The minimum absolute atomic E-state index is 0.164. The Morgan fingerprint density at radius 1 is 0.871 bits per heavy atom. The summed E-state index contributed by atoms with van der Waals surface area (Å²) < 4.78 is 0. The Hall–Kier alpha value is -3.58. The first-order valence-electron chi connectivity index (χ1n) is 9.83. The highest BCUT2D eigenvalue weighted by Crippen LogP contribution is 2.34. The zero-order valence-electron chi connectivity index (χ0n) is 16.9. The summed E-state index contributed by atoms with van der Waals surface area (Å²) in [4.78, 5) is 39.5. The minimum atomic E-state index is -0.464. The summed E-state index contributed by atoms with van der Waals surface area (Å²) in [7, 11) is 0. The summed E-state index contributed by atoms with van der Waals surface area (Å²) >= 11 is 1.35. The second kappa shape index (κ2) is 9.06. The summed E-state index contributed by atoms with van der Waals surface area (Å²) in [6, 6.07) is 23.4. The maximum Gasteiger partial charge on any atom is 0.323 e. The number of amides is 4. The molecular formula is C24H21N3O3S. The maximum atomic E-state index is 12.8. The maximum absolute atomic E-state index is 12.8. The van der Waals surface area contributed by atoms with E-state index in [9.17, 15) is 14.4 Å². The lowest BCUT2D eigenvalue weighted by Gasteiger charge is -2.15. The van der Waals surface area contributed by atoms with Gasteiger partial charge in [0, 0.05) is 22.7 Å². The normalized spacial score (nSPS) is 15.8. The Morgan fingerprint density at radius 2 is 1.48 bits per heavy atom. The van der Waals surface area contributed by atoms with Gasteiger partial charge in [-0.25, -0.2) is 9.69 Å². The average Bonchev–Trinajstić information content (AvgIpc) is 3.04. The molecule has 1 saturated heterocycles. The van der Waals surface area contributed by atoms with Crippen LogP contribution in [0.25, 0.3) is 0 Å². The van der Waals surface area contributed by atoms with Crippen LogP contribution in [0.4, 0.5) is 21.9 Å². The summed E-state index contributed by atoms with van der Waals surface area (Å²) in [5.74, 6) is -0.398. The van der Waals surface area contributed by atoms with Gasteiger partial charge in [0.05, 0.1) is 10.9 Å². The molecule has 4 rings (SSSR count). The molecule has 3 aromatic rings. The van der Waals surface area contributed by atoms with E-state index in [0.29, 0.717) is 17.1 Å². The third kappa shape index (κ3) is 4.95. The zero-order chi connectivity index (χ0) is 21.8. The van der Waals surface area contributed by atoms with Crippen molar-refractivity contribution in [2.24, 2.45) is 0 Å². The number of urea groups is 1. The van der Waals surface area contributed by atoms with Gasteiger partial charge in [-0.3, -0.25) is 9.59 Å². The molecule has 2 N–H and O–H groups in total. The van der Waals surface area contributed by atoms with Crippen molar-refractivity contribution in [1.29, 1.82) is 0 Å². The number of aryl methyl sites for hydroxylation is 1. The first-order chi connectivity index (χ1) is 15.0. The third-order valence-corrected chi connectivity index (χ3v) is 6.02. The SMILES string of the molecule is Cc1ccc(N2C(=O)C[C@H](Sc3ccc(NC(=O)Nc4ccccc4)cc3)C2=O)cc1. The van der Waals surface area contributed by atoms with E-state index < -0.39 is 5.25 Å². The number of hydrogen-bond acceptors (Lipinski definition) is 4. The molecule has 1 heterocycles. The quantitative estimate of drug-likeness (QED) is 0.553. The Bertz CT molecular complexity index is 1100. The second-order valence-electron chi connectivity index (χ2n) is 7.18. The van der Waals surface area contributed by atoms with Crippen molar-refractivity contribution in [1.82, 2.24) is 0 Å². The molecule has 3 aromatic carbocycles. The summed E-state index contributed by atoms with van der Waals surface area (Å²) in [6.45, 7) is 1.96. The van der Waals surface area contributed by atoms with Gasteiger partial charge >= 0.3 is 6.03 Å². The zero-order valence-corrected chi connectivity index (χ0v) is 17.7. The van der Waals surface area contributed by atoms with Crippen molar-refractivity contribution in [2.75, 3.05) is 15.5 Å². The molecule has 1 aliphatic heterocycles. The Morgan fingerprint density at radius 3 is 2.13 bits per heavy atom. The van der Waals surface area contributed by atoms with E-state index in [1.807, 2.05) is 49.4 Å². The number of thioether (sulfide) groups is 1. The number of nitrogens with one attached hydrogen (secondary N) is 2. The molecule has 4 amide bonds. The van der Waals surface area contributed by atoms with Crippen molar-refractivity contribution >= 4 is 46.7 Å². The highest BCUT2D eigenvalue weighted by Gasteiger charge is 2.40. The number of carbonyl (C=O) groups is 3. The predicted molar refractivity (Wildman–Crippen MR) is 123 cm³/mol. The van der Waals surface area contributed by atoms with Crippen LogP contribution in [0.2, 0.25) is 0 Å². The van der Waals surface area contributed by atoms with Gasteiger partial charge < -0.3 is 10.6 Å². The molecule has 31 heavy (non-hydrogen) atoms. The lowest BCUT2D eigenvalue weighted by molar-refractivity contribution is -0.121. The van der Waals surface area contributed by atoms with E-state index in [0.717, 1.165) is 10.5 Å². The molecule has 1 fully saturated rings. The number of rotatable bonds is 5. The molecule has 0 bridgehead atoms. The molecule has 0 saturated carbocycles. The second-order valence-corrected chi connectivity index (χ2v) is 8.46. The summed E-state index contributed by atoms with van der Waals surface area (Å²) in [5, 5.41) is 5.06. The van der Waals surface area contributed by atoms with Crippen molar-refractivity contribution in [2.45, 2.75) is 23.5 Å². The Kier molecular flexibility index (Phi) is 6.04. The van der Waals surface area contributed by atoms with E-state index >= 15 is 0 Å². The van der Waals surface area contributed by atoms with Crippen LogP contribution < -0.4 is 15.5 Å². The molecule has 0 spiro atoms. The molecular weight excluding hydrogens is 410 g/mol. The van der Waals surface area contributed by atoms with Crippen LogP contribution in [-0.2, 0) is 9.59 Å². The monoisotopic (exact) mass is 431 g/mol. The van der Waals surface area contributed by atoms with Crippen LogP contribution in [0.1, 0.15) is 12.0 Å². The van der Waals surface area contributed by atoms with Gasteiger partial charge in [-0.15, -0.1) is 11.8 Å². The molecule has 1 aliphatic rings. The molecule has 0 unspecified atom stereocenters. The summed E-state index contributed by atoms with van der Waals surface area (Å²) in [6.07, 6.45) is 0.164. The van der Waals surface area contributed by atoms with E-state index in [2.05, 4.69) is 10.6 Å². The number of hydrogen-bond donors (Lipinski definition) is 2. The Balaban J connectivity index is 1.36. The Labute approximate surface area is 184 Å². The average molecular weight is 432 g/mol. The van der Waals surface area contributed by atoms with Crippen LogP contribution in [-0.4, -0.2) is 23.1 Å². The van der Waals surface area contributed by atoms with Gasteiger partial charge in [-0.05, 0) is 55.5 Å². The number of para-hydroxylation sites is 1. The van der Waals surface area contributed by atoms with Gasteiger partial charge in [0.1, 0.15) is 0 Å². The molecule has 0 radical (unpaired) electrons. The fourth-order valence-corrected chi connectivity index (χ4v) is 4.31. The van der Waals surface area contributed by atoms with Gasteiger partial charge in [0.2, 0.25) is 11.8 Å². The molecule has 156 valence electrons. The van der Waals surface area contributed by atoms with Gasteiger partial charge in [-0.2, -0.15) is 0 Å². The topological polar surface area (TPSA) is 78.5 Å². The lowest BCUT2D eigenvalue weighted by Crippen LogP contribution is -2.31. The van der Waals surface area contributed by atoms with Crippen LogP contribution in [0, 0.1) is 6.92 Å². The largest absolute Gasteiger partial charge is 0.323 e. The van der Waals surface area contributed by atoms with Gasteiger partial charge in [-0.1, -0.05) is 35.9 Å². The van der Waals surface area contributed by atoms with E-state index in [1.54, 1.807) is 36.4 Å². The van der Waals surface area contributed by atoms with Crippen LogP contribution in [0.5, 0.6) is 0 Å². The van der Waals surface area contributed by atoms with E-state index in [1.165, 1.54) is 16.7 Å². The van der Waals surface area contributed by atoms with Crippen molar-refractivity contribution < 1.29 is 14.4 Å². The summed E-state index contributed by atoms with van der Waals surface area (Å²) in [5.41, 5.74) is 3.01. The highest BCUT2D eigenvalue weighted by molar-refractivity contribution is 8.00. The standard InChI is InChI=1S/C24H21N3O3S/c1-16-7-11-19(12-8-16)27-22(28)15-21(23(27)29)31-20-13-9-18(10-14-20)26-24(30)25-17-5-3-2-4-6-17/h2-14,21H,15H2,1H3,(H2,25,26,30)/t21-/m0/s1.